The van der Waals surface area contributed by atoms with E-state index < -0.39 is 0 Å². The van der Waals surface area contributed by atoms with E-state index in [9.17, 15) is 4.79 Å². The van der Waals surface area contributed by atoms with Gasteiger partial charge in [-0.2, -0.15) is 0 Å². The summed E-state index contributed by atoms with van der Waals surface area (Å²) < 4.78 is 11.0. The summed E-state index contributed by atoms with van der Waals surface area (Å²) in [4.78, 5) is 15.5. The van der Waals surface area contributed by atoms with E-state index in [0.29, 0.717) is 22.9 Å². The standard InChI is InChI=1S/C24H30ClN3O3/c1-30-14-5-11-28-12-8-18(9-13-28)27-24(29)20-16-21(25)22(19-10-15-31-23(19)20)26-17-6-3-2-4-7-17/h2-4,6-7,16,18,26H,5,8-15H2,1H3,(H,27,29). The zero-order valence-electron chi connectivity index (χ0n) is 18.0. The molecule has 0 aromatic heterocycles. The average Bonchev–Trinajstić information content (AvgIpc) is 3.27. The number of hydrogen-bond acceptors (Lipinski definition) is 5. The molecular formula is C24H30ClN3O3. The van der Waals surface area contributed by atoms with Crippen molar-refractivity contribution < 1.29 is 14.3 Å². The maximum absolute atomic E-state index is 13.1. The van der Waals surface area contributed by atoms with Crippen LogP contribution in [0.5, 0.6) is 5.75 Å². The van der Waals surface area contributed by atoms with Crippen LogP contribution in [-0.4, -0.2) is 56.8 Å². The van der Waals surface area contributed by atoms with Crippen molar-refractivity contribution in [3.8, 4) is 5.75 Å². The lowest BCUT2D eigenvalue weighted by atomic mass is 10.0. The highest BCUT2D eigenvalue weighted by Crippen LogP contribution is 2.41. The van der Waals surface area contributed by atoms with Gasteiger partial charge >= 0.3 is 0 Å². The first-order chi connectivity index (χ1) is 15.2. The molecule has 2 aliphatic rings. The maximum Gasteiger partial charge on any atom is 0.255 e. The first kappa shape index (κ1) is 21.9. The van der Waals surface area contributed by atoms with E-state index in [4.69, 9.17) is 21.1 Å². The van der Waals surface area contributed by atoms with Crippen molar-refractivity contribution in [3.05, 3.63) is 52.5 Å². The summed E-state index contributed by atoms with van der Waals surface area (Å²) in [7, 11) is 1.73. The van der Waals surface area contributed by atoms with Crippen molar-refractivity contribution in [3.63, 3.8) is 0 Å². The number of nitrogens with one attached hydrogen (secondary N) is 2. The number of nitrogens with zero attached hydrogens (tertiary/aromatic N) is 1. The maximum atomic E-state index is 13.1. The van der Waals surface area contributed by atoms with Gasteiger partial charge in [0.1, 0.15) is 5.75 Å². The SMILES string of the molecule is COCCCN1CCC(NC(=O)c2cc(Cl)c(Nc3ccccc3)c3c2OCC3)CC1. The molecule has 2 N–H and O–H groups in total. The number of ether oxygens (including phenoxy) is 2. The Kier molecular flexibility index (Phi) is 7.33. The molecule has 4 rings (SSSR count). The highest BCUT2D eigenvalue weighted by Gasteiger charge is 2.28. The molecule has 7 heteroatoms. The molecule has 1 fully saturated rings. The van der Waals surface area contributed by atoms with Crippen LogP contribution in [0.4, 0.5) is 11.4 Å². The molecule has 0 aliphatic carbocycles. The number of rotatable bonds is 8. The molecule has 1 saturated heterocycles. The summed E-state index contributed by atoms with van der Waals surface area (Å²) in [5, 5.41) is 7.12. The third-order valence-corrected chi connectivity index (χ3v) is 6.26. The van der Waals surface area contributed by atoms with Crippen LogP contribution in [-0.2, 0) is 11.2 Å². The lowest BCUT2D eigenvalue weighted by molar-refractivity contribution is 0.0904. The minimum Gasteiger partial charge on any atom is -0.492 e. The van der Waals surface area contributed by atoms with E-state index in [0.717, 1.165) is 68.9 Å². The molecule has 1 amide bonds. The Morgan fingerprint density at radius 2 is 2.03 bits per heavy atom. The number of likely N-dealkylation sites (tertiary alicyclic amines) is 1. The summed E-state index contributed by atoms with van der Waals surface area (Å²) in [6.07, 6.45) is 3.66. The Hall–Kier alpha value is -2.28. The molecule has 2 aromatic rings. The Balaban J connectivity index is 1.42. The van der Waals surface area contributed by atoms with Crippen molar-refractivity contribution in [1.82, 2.24) is 10.2 Å². The molecule has 2 heterocycles. The van der Waals surface area contributed by atoms with Crippen LogP contribution in [0.25, 0.3) is 0 Å². The third-order valence-electron chi connectivity index (χ3n) is 5.96. The van der Waals surface area contributed by atoms with Crippen LogP contribution >= 0.6 is 11.6 Å². The molecule has 31 heavy (non-hydrogen) atoms. The molecule has 0 unspecified atom stereocenters. The van der Waals surface area contributed by atoms with Crippen LogP contribution in [0.1, 0.15) is 35.2 Å². The molecular weight excluding hydrogens is 414 g/mol. The molecule has 0 atom stereocenters. The Morgan fingerprint density at radius 1 is 1.26 bits per heavy atom. The van der Waals surface area contributed by atoms with E-state index >= 15 is 0 Å². The van der Waals surface area contributed by atoms with Gasteiger partial charge in [0.25, 0.3) is 5.91 Å². The predicted molar refractivity (Wildman–Crippen MR) is 124 cm³/mol. The summed E-state index contributed by atoms with van der Waals surface area (Å²) in [6.45, 7) is 4.37. The molecule has 166 valence electrons. The van der Waals surface area contributed by atoms with Gasteiger partial charge in [0.05, 0.1) is 22.9 Å². The quantitative estimate of drug-likeness (QED) is 0.597. The van der Waals surface area contributed by atoms with E-state index in [2.05, 4.69) is 15.5 Å². The van der Waals surface area contributed by atoms with Gasteiger partial charge in [-0.25, -0.2) is 0 Å². The van der Waals surface area contributed by atoms with E-state index in [1.54, 1.807) is 13.2 Å². The Bertz CT molecular complexity index is 899. The molecule has 0 bridgehead atoms. The lowest BCUT2D eigenvalue weighted by Gasteiger charge is -2.32. The van der Waals surface area contributed by atoms with Gasteiger partial charge in [0.2, 0.25) is 0 Å². The Morgan fingerprint density at radius 3 is 2.77 bits per heavy atom. The van der Waals surface area contributed by atoms with Crippen molar-refractivity contribution in [1.29, 1.82) is 0 Å². The number of para-hydroxylation sites is 1. The van der Waals surface area contributed by atoms with Crippen LogP contribution in [0.2, 0.25) is 5.02 Å². The highest BCUT2D eigenvalue weighted by atomic mass is 35.5. The number of benzene rings is 2. The normalized spacial score (nSPS) is 16.6. The minimum absolute atomic E-state index is 0.107. The number of anilines is 2. The number of carbonyl (C=O) groups is 1. The van der Waals surface area contributed by atoms with Crippen molar-refractivity contribution in [2.75, 3.05) is 45.3 Å². The number of halogens is 1. The second kappa shape index (κ2) is 10.4. The fraction of sp³-hybridized carbons (Fsp3) is 0.458. The van der Waals surface area contributed by atoms with Crippen LogP contribution in [0.15, 0.2) is 36.4 Å². The summed E-state index contributed by atoms with van der Waals surface area (Å²) in [5.41, 5.74) is 3.27. The third kappa shape index (κ3) is 5.32. The Labute approximate surface area is 188 Å². The van der Waals surface area contributed by atoms with Crippen LogP contribution < -0.4 is 15.4 Å². The van der Waals surface area contributed by atoms with Gasteiger partial charge in [-0.3, -0.25) is 4.79 Å². The summed E-state index contributed by atoms with van der Waals surface area (Å²) in [6, 6.07) is 11.8. The van der Waals surface area contributed by atoms with Crippen LogP contribution in [0.3, 0.4) is 0 Å². The first-order valence-electron chi connectivity index (χ1n) is 11.0. The largest absolute Gasteiger partial charge is 0.492 e. The van der Waals surface area contributed by atoms with Gasteiger partial charge in [-0.15, -0.1) is 0 Å². The minimum atomic E-state index is -0.107. The first-order valence-corrected chi connectivity index (χ1v) is 11.4. The van der Waals surface area contributed by atoms with Gasteiger partial charge in [-0.05, 0) is 37.5 Å². The fourth-order valence-corrected chi connectivity index (χ4v) is 4.58. The van der Waals surface area contributed by atoms with E-state index in [-0.39, 0.29) is 11.9 Å². The number of hydrogen-bond donors (Lipinski definition) is 2. The zero-order chi connectivity index (χ0) is 21.6. The summed E-state index contributed by atoms with van der Waals surface area (Å²) >= 11 is 6.61. The van der Waals surface area contributed by atoms with Gasteiger partial charge in [0, 0.05) is 57.1 Å². The van der Waals surface area contributed by atoms with Crippen molar-refractivity contribution in [2.24, 2.45) is 0 Å². The van der Waals surface area contributed by atoms with Gasteiger partial charge in [0.15, 0.2) is 0 Å². The predicted octanol–water partition coefficient (Wildman–Crippen LogP) is 4.25. The molecule has 2 aromatic carbocycles. The lowest BCUT2D eigenvalue weighted by Crippen LogP contribution is -2.45. The van der Waals surface area contributed by atoms with Crippen molar-refractivity contribution >= 4 is 28.9 Å². The number of amides is 1. The second-order valence-electron chi connectivity index (χ2n) is 8.11. The van der Waals surface area contributed by atoms with Crippen LogP contribution in [0, 0.1) is 0 Å². The topological polar surface area (TPSA) is 62.8 Å². The van der Waals surface area contributed by atoms with E-state index in [1.165, 1.54) is 0 Å². The molecule has 6 nitrogen and oxygen atoms in total. The number of carbonyl (C=O) groups excluding carboxylic acids is 1. The smallest absolute Gasteiger partial charge is 0.255 e. The van der Waals surface area contributed by atoms with Gasteiger partial charge < -0.3 is 25.0 Å². The van der Waals surface area contributed by atoms with E-state index in [1.807, 2.05) is 30.3 Å². The fourth-order valence-electron chi connectivity index (χ4n) is 4.31. The van der Waals surface area contributed by atoms with Gasteiger partial charge in [-0.1, -0.05) is 29.8 Å². The van der Waals surface area contributed by atoms with Crippen molar-refractivity contribution in [2.45, 2.75) is 31.7 Å². The second-order valence-corrected chi connectivity index (χ2v) is 8.52. The number of piperidine rings is 1. The highest BCUT2D eigenvalue weighted by molar-refractivity contribution is 6.34. The zero-order valence-corrected chi connectivity index (χ0v) is 18.7. The average molecular weight is 444 g/mol. The number of methoxy groups -OCH3 is 1. The molecule has 0 spiro atoms. The molecule has 0 radical (unpaired) electrons. The molecule has 0 saturated carbocycles. The summed E-state index contributed by atoms with van der Waals surface area (Å²) in [5.74, 6) is 0.543. The number of fused-ring (bicyclic) bond motifs is 1. The molecule has 2 aliphatic heterocycles. The monoisotopic (exact) mass is 443 g/mol.